The number of hydrogen-bond acceptors (Lipinski definition) is 7. The maximum Gasteiger partial charge on any atom is 0.269 e. The summed E-state index contributed by atoms with van der Waals surface area (Å²) in [6, 6.07) is 14.1. The monoisotopic (exact) mass is 407 g/mol. The van der Waals surface area contributed by atoms with Crippen molar-refractivity contribution in [3.05, 3.63) is 76.6 Å². The van der Waals surface area contributed by atoms with Gasteiger partial charge in [0.15, 0.2) is 5.16 Å². The van der Waals surface area contributed by atoms with Crippen molar-refractivity contribution in [3.8, 4) is 5.75 Å². The number of nitrogens with one attached hydrogen (secondary N) is 2. The fourth-order valence-electron chi connectivity index (χ4n) is 2.79. The molecule has 0 spiro atoms. The van der Waals surface area contributed by atoms with E-state index in [-0.39, 0.29) is 17.0 Å². The number of aromatic hydroxyl groups is 1. The lowest BCUT2D eigenvalue weighted by Gasteiger charge is -2.13. The van der Waals surface area contributed by atoms with Crippen LogP contribution >= 0.6 is 11.8 Å². The molecular weight excluding hydrogens is 394 g/mol. The molecular formula is C19H13N5O4S. The summed E-state index contributed by atoms with van der Waals surface area (Å²) in [7, 11) is 0. The highest BCUT2D eigenvalue weighted by atomic mass is 32.2. The smallest absolute Gasteiger partial charge is 0.269 e. The van der Waals surface area contributed by atoms with Gasteiger partial charge in [-0.25, -0.2) is 4.98 Å². The van der Waals surface area contributed by atoms with Crippen molar-refractivity contribution in [2.45, 2.75) is 10.1 Å². The van der Waals surface area contributed by atoms with Gasteiger partial charge >= 0.3 is 0 Å². The van der Waals surface area contributed by atoms with E-state index in [0.29, 0.717) is 26.5 Å². The van der Waals surface area contributed by atoms with Crippen LogP contribution in [0.1, 0.15) is 10.4 Å². The van der Waals surface area contributed by atoms with Gasteiger partial charge in [0.2, 0.25) is 0 Å². The van der Waals surface area contributed by atoms with Crippen LogP contribution in [-0.2, 0) is 0 Å². The summed E-state index contributed by atoms with van der Waals surface area (Å²) in [5.74, 6) is -0.360. The fraction of sp³-hybridized carbons (Fsp3) is 0. The number of nitro benzene ring substituents is 1. The highest BCUT2D eigenvalue weighted by Gasteiger charge is 2.16. The molecule has 144 valence electrons. The third-order valence-electron chi connectivity index (χ3n) is 4.17. The van der Waals surface area contributed by atoms with Crippen LogP contribution in [0, 0.1) is 10.1 Å². The topological polar surface area (TPSA) is 134 Å². The van der Waals surface area contributed by atoms with Crippen LogP contribution in [0.4, 0.5) is 11.4 Å². The largest absolute Gasteiger partial charge is 0.506 e. The number of hydrogen-bond donors (Lipinski definition) is 3. The maximum absolute atomic E-state index is 12.7. The molecule has 4 rings (SSSR count). The number of benzene rings is 3. The van der Waals surface area contributed by atoms with Crippen LogP contribution in [0.15, 0.2) is 71.0 Å². The maximum atomic E-state index is 12.7. The number of aromatic nitrogens is 3. The first kappa shape index (κ1) is 18.4. The Labute approximate surface area is 167 Å². The number of carbonyl (C=O) groups excluding carboxylic acids is 1. The Morgan fingerprint density at radius 3 is 2.52 bits per heavy atom. The third-order valence-corrected chi connectivity index (χ3v) is 5.09. The Morgan fingerprint density at radius 1 is 1.14 bits per heavy atom. The van der Waals surface area contributed by atoms with Crippen molar-refractivity contribution >= 4 is 39.8 Å². The molecule has 1 amide bonds. The van der Waals surface area contributed by atoms with Gasteiger partial charge in [-0.15, -0.1) is 0 Å². The van der Waals surface area contributed by atoms with Crippen LogP contribution in [0.5, 0.6) is 5.75 Å². The van der Waals surface area contributed by atoms with Crippen molar-refractivity contribution in [2.75, 3.05) is 5.32 Å². The van der Waals surface area contributed by atoms with Gasteiger partial charge in [0, 0.05) is 28.5 Å². The zero-order valence-electron chi connectivity index (χ0n) is 14.7. The summed E-state index contributed by atoms with van der Waals surface area (Å²) in [5, 5.41) is 32.5. The van der Waals surface area contributed by atoms with E-state index in [1.807, 2.05) is 0 Å². The molecule has 0 bridgehead atoms. The predicted octanol–water partition coefficient (Wildman–Crippen LogP) is 3.98. The van der Waals surface area contributed by atoms with E-state index in [2.05, 4.69) is 20.5 Å². The van der Waals surface area contributed by atoms with E-state index in [9.17, 15) is 20.0 Å². The number of carbonyl (C=O) groups is 1. The molecule has 3 aromatic carbocycles. The fourth-order valence-corrected chi connectivity index (χ4v) is 3.58. The molecule has 10 heteroatoms. The van der Waals surface area contributed by atoms with Crippen LogP contribution in [0.25, 0.3) is 10.8 Å². The number of phenolic OH excluding ortho intramolecular Hbond substituents is 1. The highest BCUT2D eigenvalue weighted by Crippen LogP contribution is 2.41. The van der Waals surface area contributed by atoms with Gasteiger partial charge in [-0.2, -0.15) is 5.10 Å². The lowest BCUT2D eigenvalue weighted by molar-refractivity contribution is -0.384. The van der Waals surface area contributed by atoms with E-state index in [4.69, 9.17) is 0 Å². The van der Waals surface area contributed by atoms with Gasteiger partial charge in [-0.3, -0.25) is 20.0 Å². The van der Waals surface area contributed by atoms with Crippen LogP contribution in [-0.4, -0.2) is 31.1 Å². The second kappa shape index (κ2) is 7.60. The summed E-state index contributed by atoms with van der Waals surface area (Å²) < 4.78 is 0. The van der Waals surface area contributed by atoms with E-state index in [1.165, 1.54) is 42.4 Å². The Morgan fingerprint density at radius 2 is 1.86 bits per heavy atom. The number of aromatic amines is 1. The van der Waals surface area contributed by atoms with Crippen LogP contribution in [0.3, 0.4) is 0 Å². The van der Waals surface area contributed by atoms with E-state index < -0.39 is 10.8 Å². The lowest BCUT2D eigenvalue weighted by atomic mass is 10.1. The van der Waals surface area contributed by atoms with Crippen molar-refractivity contribution in [1.29, 1.82) is 0 Å². The van der Waals surface area contributed by atoms with Gasteiger partial charge in [-0.1, -0.05) is 24.3 Å². The number of anilines is 1. The second-order valence-corrected chi connectivity index (χ2v) is 7.00. The van der Waals surface area contributed by atoms with Crippen molar-refractivity contribution in [2.24, 2.45) is 0 Å². The first-order valence-corrected chi connectivity index (χ1v) is 9.18. The lowest BCUT2D eigenvalue weighted by Crippen LogP contribution is -2.12. The van der Waals surface area contributed by atoms with Gasteiger partial charge in [-0.05, 0) is 30.0 Å². The molecule has 29 heavy (non-hydrogen) atoms. The summed E-state index contributed by atoms with van der Waals surface area (Å²) in [5.41, 5.74) is 0.670. The molecule has 9 nitrogen and oxygen atoms in total. The molecule has 0 saturated carbocycles. The Hall–Kier alpha value is -3.92. The summed E-state index contributed by atoms with van der Waals surface area (Å²) in [6.07, 6.45) is 1.36. The number of phenols is 1. The molecule has 0 saturated heterocycles. The average Bonchev–Trinajstić information content (AvgIpc) is 3.24. The molecule has 0 fully saturated rings. The van der Waals surface area contributed by atoms with Crippen molar-refractivity contribution < 1.29 is 14.8 Å². The van der Waals surface area contributed by atoms with Gasteiger partial charge in [0.25, 0.3) is 11.6 Å². The standard InChI is InChI=1S/C19H13N5O4S/c25-17-14-4-2-1-3-13(14)15(9-16(17)29-19-20-10-21-23-19)22-18(26)11-5-7-12(8-6-11)24(27)28/h1-10,25H,(H,22,26)(H,20,21,23). The highest BCUT2D eigenvalue weighted by molar-refractivity contribution is 7.99. The molecule has 1 heterocycles. The molecule has 0 aliphatic carbocycles. The molecule has 1 aromatic heterocycles. The van der Waals surface area contributed by atoms with Crippen molar-refractivity contribution in [1.82, 2.24) is 15.2 Å². The van der Waals surface area contributed by atoms with E-state index in [0.717, 1.165) is 0 Å². The Bertz CT molecular complexity index is 1210. The average molecular weight is 407 g/mol. The predicted molar refractivity (Wildman–Crippen MR) is 107 cm³/mol. The number of nitrogens with zero attached hydrogens (tertiary/aromatic N) is 3. The molecule has 0 atom stereocenters. The summed E-state index contributed by atoms with van der Waals surface area (Å²) in [6.45, 7) is 0. The number of amides is 1. The third kappa shape index (κ3) is 3.73. The van der Waals surface area contributed by atoms with Gasteiger partial charge < -0.3 is 10.4 Å². The number of rotatable bonds is 5. The number of fused-ring (bicyclic) bond motifs is 1. The zero-order chi connectivity index (χ0) is 20.4. The molecule has 0 unspecified atom stereocenters. The van der Waals surface area contributed by atoms with Gasteiger partial charge in [0.05, 0.1) is 15.5 Å². The Kier molecular flexibility index (Phi) is 4.83. The van der Waals surface area contributed by atoms with E-state index >= 15 is 0 Å². The first-order chi connectivity index (χ1) is 14.0. The molecule has 0 aliphatic rings. The minimum atomic E-state index is -0.526. The Balaban J connectivity index is 1.71. The summed E-state index contributed by atoms with van der Waals surface area (Å²) >= 11 is 1.17. The normalized spacial score (nSPS) is 10.8. The van der Waals surface area contributed by atoms with Crippen LogP contribution in [0.2, 0.25) is 0 Å². The second-order valence-electron chi connectivity index (χ2n) is 5.97. The SMILES string of the molecule is O=C(Nc1cc(Sc2ncn[nH]2)c(O)c2ccccc12)c1ccc([N+](=O)[O-])cc1. The molecule has 3 N–H and O–H groups in total. The quantitative estimate of drug-likeness (QED) is 0.259. The minimum absolute atomic E-state index is 0.0651. The first-order valence-electron chi connectivity index (χ1n) is 8.36. The van der Waals surface area contributed by atoms with Crippen molar-refractivity contribution in [3.63, 3.8) is 0 Å². The van der Waals surface area contributed by atoms with Crippen LogP contribution < -0.4 is 5.32 Å². The zero-order valence-corrected chi connectivity index (χ0v) is 15.5. The molecule has 4 aromatic rings. The number of non-ortho nitro benzene ring substituents is 1. The number of nitro groups is 1. The van der Waals surface area contributed by atoms with Gasteiger partial charge in [0.1, 0.15) is 12.1 Å². The molecule has 0 aliphatic heterocycles. The van der Waals surface area contributed by atoms with E-state index in [1.54, 1.807) is 30.3 Å². The summed E-state index contributed by atoms with van der Waals surface area (Å²) in [4.78, 5) is 27.5. The molecule has 0 radical (unpaired) electrons. The minimum Gasteiger partial charge on any atom is -0.506 e. The number of H-pyrrole nitrogens is 1.